The highest BCUT2D eigenvalue weighted by Gasteiger charge is 2.29. The van der Waals surface area contributed by atoms with Crippen LogP contribution in [-0.4, -0.2) is 69.9 Å². The monoisotopic (exact) mass is 730 g/mol. The molecule has 3 aromatic heterocycles. The van der Waals surface area contributed by atoms with Crippen molar-refractivity contribution < 1.29 is 28.2 Å². The predicted molar refractivity (Wildman–Crippen MR) is 198 cm³/mol. The molecule has 274 valence electrons. The molecule has 3 aromatic carbocycles. The molecule has 0 aliphatic carbocycles. The van der Waals surface area contributed by atoms with E-state index >= 15 is 4.39 Å². The van der Waals surface area contributed by atoms with Gasteiger partial charge < -0.3 is 24.4 Å². The first-order valence-electron chi connectivity index (χ1n) is 17.5. The van der Waals surface area contributed by atoms with Gasteiger partial charge in [-0.2, -0.15) is 0 Å². The summed E-state index contributed by atoms with van der Waals surface area (Å²) < 4.78 is 35.0. The Hall–Kier alpha value is -6.41. The van der Waals surface area contributed by atoms with E-state index in [1.54, 1.807) is 68.6 Å². The summed E-state index contributed by atoms with van der Waals surface area (Å²) in [4.78, 5) is 65.8. The van der Waals surface area contributed by atoms with Gasteiger partial charge in [-0.25, -0.2) is 18.5 Å². The van der Waals surface area contributed by atoms with Crippen LogP contribution in [0, 0.1) is 12.7 Å². The lowest BCUT2D eigenvalue weighted by Gasteiger charge is -2.29. The summed E-state index contributed by atoms with van der Waals surface area (Å²) in [6, 6.07) is 15.1. The van der Waals surface area contributed by atoms with E-state index in [1.807, 2.05) is 4.90 Å². The number of hydrogen-bond donors (Lipinski definition) is 1. The molecule has 1 fully saturated rings. The van der Waals surface area contributed by atoms with E-state index in [2.05, 4.69) is 15.3 Å². The van der Waals surface area contributed by atoms with Crippen LogP contribution in [0.1, 0.15) is 27.0 Å². The third-order valence-electron chi connectivity index (χ3n) is 9.92. The molecule has 1 atom stereocenters. The van der Waals surface area contributed by atoms with Gasteiger partial charge in [-0.05, 0) is 66.6 Å². The number of hydrogen-bond acceptors (Lipinski definition) is 10. The fraction of sp³-hybridized carbons (Fsp3) is 0.250. The minimum atomic E-state index is -1.29. The molecule has 2 aliphatic rings. The highest BCUT2D eigenvalue weighted by Crippen LogP contribution is 2.30. The minimum absolute atomic E-state index is 0.0933. The minimum Gasteiger partial charge on any atom is -0.493 e. The van der Waals surface area contributed by atoms with E-state index in [0.29, 0.717) is 83.7 Å². The van der Waals surface area contributed by atoms with Crippen molar-refractivity contribution in [1.29, 1.82) is 0 Å². The van der Waals surface area contributed by atoms with Crippen LogP contribution in [0.5, 0.6) is 11.5 Å². The third kappa shape index (κ3) is 6.34. The van der Waals surface area contributed by atoms with Gasteiger partial charge in [-0.1, -0.05) is 12.1 Å². The second kappa shape index (κ2) is 14.2. The van der Waals surface area contributed by atoms with Gasteiger partial charge in [-0.3, -0.25) is 24.1 Å². The Morgan fingerprint density at radius 3 is 2.65 bits per heavy atom. The first-order valence-corrected chi connectivity index (χ1v) is 17.5. The number of rotatable bonds is 8. The van der Waals surface area contributed by atoms with Crippen LogP contribution in [0.3, 0.4) is 0 Å². The van der Waals surface area contributed by atoms with Crippen molar-refractivity contribution in [3.63, 3.8) is 0 Å². The van der Waals surface area contributed by atoms with Crippen LogP contribution < -0.4 is 30.9 Å². The lowest BCUT2D eigenvalue weighted by Crippen LogP contribution is -2.45. The molecule has 54 heavy (non-hydrogen) atoms. The summed E-state index contributed by atoms with van der Waals surface area (Å²) in [5.74, 6) is -1.31. The summed E-state index contributed by atoms with van der Waals surface area (Å²) >= 11 is 0. The number of aryl methyl sites for hydroxylation is 2. The third-order valence-corrected chi connectivity index (χ3v) is 9.92. The highest BCUT2D eigenvalue weighted by molar-refractivity contribution is 5.99. The molecule has 13 nitrogen and oxygen atoms in total. The molecule has 8 rings (SSSR count). The summed E-state index contributed by atoms with van der Waals surface area (Å²) in [6.45, 7) is 4.39. The number of carbonyl (C=O) groups excluding carboxylic acids is 2. The number of nitrogens with one attached hydrogen (secondary N) is 1. The summed E-state index contributed by atoms with van der Waals surface area (Å²) in [5.41, 5.74) is 2.09. The van der Waals surface area contributed by atoms with Gasteiger partial charge in [0.05, 0.1) is 53.7 Å². The molecule has 1 amide bonds. The number of anilines is 1. The molecule has 2 aliphatic heterocycles. The summed E-state index contributed by atoms with van der Waals surface area (Å²) in [6.07, 6.45) is 5.04. The van der Waals surface area contributed by atoms with Crippen molar-refractivity contribution in [2.75, 3.05) is 37.8 Å². The maximum absolute atomic E-state index is 15.8. The van der Waals surface area contributed by atoms with Gasteiger partial charge >= 0.3 is 11.7 Å². The van der Waals surface area contributed by atoms with E-state index in [9.17, 15) is 19.2 Å². The maximum Gasteiger partial charge on any atom is 0.335 e. The molecule has 14 heteroatoms. The van der Waals surface area contributed by atoms with Crippen LogP contribution in [0.4, 0.5) is 10.1 Å². The van der Waals surface area contributed by atoms with Gasteiger partial charge in [0.2, 0.25) is 0 Å². The molecule has 0 spiro atoms. The fourth-order valence-electron chi connectivity index (χ4n) is 7.16. The zero-order valence-electron chi connectivity index (χ0n) is 29.5. The predicted octanol–water partition coefficient (Wildman–Crippen LogP) is 3.80. The number of morpholine rings is 1. The van der Waals surface area contributed by atoms with E-state index in [1.165, 1.54) is 29.2 Å². The lowest BCUT2D eigenvalue weighted by atomic mass is 9.99. The van der Waals surface area contributed by atoms with Crippen LogP contribution >= 0.6 is 0 Å². The molecule has 0 bridgehead atoms. The standard InChI is InChI=1S/C40H35FN6O7/c1-23-18-26(46-13-16-52-17-14-46)21-30(41)35(23)37(48)44-31(39(50)54-27-6-8-34-25(19-27)10-15-53-34)20-24-5-7-32(36-28(24)4-3-11-43-36)47-38(49)29-9-12-42-22-33(29)45(2)40(47)51/h3-9,11-12,18-19,21-22,31H,10,13-17,20H2,1-2H3,(H,44,48)/t31-/m0/s1. The second-order valence-electron chi connectivity index (χ2n) is 13.3. The Morgan fingerprint density at radius 2 is 1.83 bits per heavy atom. The molecule has 6 aromatic rings. The van der Waals surface area contributed by atoms with Crippen molar-refractivity contribution >= 4 is 39.4 Å². The molecule has 0 radical (unpaired) electrons. The largest absolute Gasteiger partial charge is 0.493 e. The number of carbonyl (C=O) groups is 2. The molecular formula is C40H35FN6O7. The van der Waals surface area contributed by atoms with Gasteiger partial charge in [0.15, 0.2) is 0 Å². The fourth-order valence-corrected chi connectivity index (χ4v) is 7.16. The maximum atomic E-state index is 15.8. The lowest BCUT2D eigenvalue weighted by molar-refractivity contribution is -0.136. The van der Waals surface area contributed by atoms with Crippen molar-refractivity contribution in [2.45, 2.75) is 25.8 Å². The van der Waals surface area contributed by atoms with Crippen LogP contribution in [0.15, 0.2) is 88.8 Å². The summed E-state index contributed by atoms with van der Waals surface area (Å²) in [7, 11) is 1.56. The van der Waals surface area contributed by atoms with E-state index in [0.717, 1.165) is 10.1 Å². The van der Waals surface area contributed by atoms with Gasteiger partial charge in [0.1, 0.15) is 23.4 Å². The molecule has 1 N–H and O–H groups in total. The zero-order chi connectivity index (χ0) is 37.5. The number of esters is 1. The van der Waals surface area contributed by atoms with E-state index in [-0.39, 0.29) is 23.4 Å². The Balaban J connectivity index is 1.17. The Bertz CT molecular complexity index is 2570. The van der Waals surface area contributed by atoms with Crippen molar-refractivity contribution in [1.82, 2.24) is 24.4 Å². The SMILES string of the molecule is Cc1cc(N2CCOCC2)cc(F)c1C(=O)N[C@@H](Cc1ccc(-n2c(=O)c3ccncc3n(C)c2=O)c2ncccc12)C(=O)Oc1ccc2c(c1)CCO2. The van der Waals surface area contributed by atoms with Crippen LogP contribution in [0.25, 0.3) is 27.5 Å². The molecule has 5 heterocycles. The molecule has 0 unspecified atom stereocenters. The Morgan fingerprint density at radius 1 is 1.00 bits per heavy atom. The number of benzene rings is 3. The van der Waals surface area contributed by atoms with Crippen LogP contribution in [-0.2, 0) is 29.4 Å². The molecule has 0 saturated carbocycles. The van der Waals surface area contributed by atoms with E-state index in [4.69, 9.17) is 14.2 Å². The number of halogens is 1. The first kappa shape index (κ1) is 34.7. The van der Waals surface area contributed by atoms with Crippen molar-refractivity contribution in [3.8, 4) is 17.2 Å². The quantitative estimate of drug-likeness (QED) is 0.181. The van der Waals surface area contributed by atoms with Gasteiger partial charge in [0, 0.05) is 62.0 Å². The first-order chi connectivity index (χ1) is 26.2. The summed E-state index contributed by atoms with van der Waals surface area (Å²) in [5, 5.41) is 3.57. The average molecular weight is 731 g/mol. The van der Waals surface area contributed by atoms with Crippen LogP contribution in [0.2, 0.25) is 0 Å². The molecular weight excluding hydrogens is 695 g/mol. The number of pyridine rings is 2. The average Bonchev–Trinajstić information content (AvgIpc) is 3.66. The smallest absolute Gasteiger partial charge is 0.335 e. The van der Waals surface area contributed by atoms with Crippen molar-refractivity contribution in [3.05, 3.63) is 128 Å². The number of nitrogens with zero attached hydrogens (tertiary/aromatic N) is 5. The highest BCUT2D eigenvalue weighted by atomic mass is 19.1. The normalized spacial score (nSPS) is 14.5. The van der Waals surface area contributed by atoms with Gasteiger partial charge in [-0.15, -0.1) is 0 Å². The number of fused-ring (bicyclic) bond motifs is 3. The van der Waals surface area contributed by atoms with E-state index < -0.39 is 35.0 Å². The number of aromatic nitrogens is 4. The Labute approximate surface area is 307 Å². The second-order valence-corrected chi connectivity index (χ2v) is 13.3. The zero-order valence-corrected chi connectivity index (χ0v) is 29.5. The molecule has 1 saturated heterocycles. The number of ether oxygens (including phenoxy) is 3. The number of amides is 1. The topological polar surface area (TPSA) is 147 Å². The van der Waals surface area contributed by atoms with Gasteiger partial charge in [0.25, 0.3) is 11.5 Å². The Kier molecular flexibility index (Phi) is 9.11. The van der Waals surface area contributed by atoms with Crippen molar-refractivity contribution in [2.24, 2.45) is 7.05 Å².